The summed E-state index contributed by atoms with van der Waals surface area (Å²) in [7, 11) is 0. The highest BCUT2D eigenvalue weighted by Crippen LogP contribution is 2.15. The highest BCUT2D eigenvalue weighted by molar-refractivity contribution is 7.09. The molecule has 134 valence electrons. The zero-order chi connectivity index (χ0) is 18.2. The van der Waals surface area contributed by atoms with Gasteiger partial charge in [-0.05, 0) is 35.7 Å². The van der Waals surface area contributed by atoms with Crippen molar-refractivity contribution in [2.45, 2.75) is 13.1 Å². The van der Waals surface area contributed by atoms with Crippen LogP contribution in [0.15, 0.2) is 64.6 Å². The SMILES string of the molecule is O=C(CNc1ccccc1C(=O)NCc1ccco1)NCc1cccs1. The average Bonchev–Trinajstić information content (AvgIpc) is 3.36. The second-order valence-corrected chi connectivity index (χ2v) is 6.55. The van der Waals surface area contributed by atoms with Crippen molar-refractivity contribution < 1.29 is 14.0 Å². The summed E-state index contributed by atoms with van der Waals surface area (Å²) in [5.74, 6) is 0.310. The minimum atomic E-state index is -0.233. The Balaban J connectivity index is 1.52. The number of anilines is 1. The highest BCUT2D eigenvalue weighted by Gasteiger charge is 2.12. The summed E-state index contributed by atoms with van der Waals surface area (Å²) < 4.78 is 5.20. The van der Waals surface area contributed by atoms with Crippen LogP contribution in [0.25, 0.3) is 0 Å². The Morgan fingerprint density at radius 2 is 1.85 bits per heavy atom. The van der Waals surface area contributed by atoms with Gasteiger partial charge >= 0.3 is 0 Å². The van der Waals surface area contributed by atoms with E-state index >= 15 is 0 Å². The molecule has 6 nitrogen and oxygen atoms in total. The van der Waals surface area contributed by atoms with E-state index in [0.29, 0.717) is 30.1 Å². The monoisotopic (exact) mass is 369 g/mol. The number of benzene rings is 1. The number of furan rings is 1. The number of thiophene rings is 1. The van der Waals surface area contributed by atoms with Gasteiger partial charge in [0.25, 0.3) is 5.91 Å². The first-order valence-corrected chi connectivity index (χ1v) is 9.03. The molecule has 26 heavy (non-hydrogen) atoms. The largest absolute Gasteiger partial charge is 0.467 e. The molecule has 0 atom stereocenters. The van der Waals surface area contributed by atoms with Gasteiger partial charge in [0.2, 0.25) is 5.91 Å². The lowest BCUT2D eigenvalue weighted by Crippen LogP contribution is -2.30. The van der Waals surface area contributed by atoms with Crippen molar-refractivity contribution >= 4 is 28.8 Å². The van der Waals surface area contributed by atoms with Crippen molar-refractivity contribution in [1.29, 1.82) is 0 Å². The molecule has 3 rings (SSSR count). The van der Waals surface area contributed by atoms with E-state index in [-0.39, 0.29) is 18.4 Å². The molecule has 2 heterocycles. The topological polar surface area (TPSA) is 83.4 Å². The molecular weight excluding hydrogens is 350 g/mol. The van der Waals surface area contributed by atoms with Crippen LogP contribution >= 0.6 is 11.3 Å². The number of amides is 2. The summed E-state index contributed by atoms with van der Waals surface area (Å²) in [6.45, 7) is 0.902. The summed E-state index contributed by atoms with van der Waals surface area (Å²) in [6, 6.07) is 14.6. The van der Waals surface area contributed by atoms with Crippen molar-refractivity contribution in [3.05, 3.63) is 76.4 Å². The molecule has 1 aromatic carbocycles. The third kappa shape index (κ3) is 4.97. The van der Waals surface area contributed by atoms with Crippen LogP contribution < -0.4 is 16.0 Å². The third-order valence-corrected chi connectivity index (χ3v) is 4.53. The first-order valence-electron chi connectivity index (χ1n) is 8.15. The predicted molar refractivity (Wildman–Crippen MR) is 101 cm³/mol. The molecule has 0 fully saturated rings. The van der Waals surface area contributed by atoms with E-state index in [1.807, 2.05) is 23.6 Å². The fraction of sp³-hybridized carbons (Fsp3) is 0.158. The second-order valence-electron chi connectivity index (χ2n) is 5.52. The van der Waals surface area contributed by atoms with Crippen LogP contribution in [-0.2, 0) is 17.9 Å². The maximum absolute atomic E-state index is 12.4. The maximum Gasteiger partial charge on any atom is 0.253 e. The van der Waals surface area contributed by atoms with Gasteiger partial charge in [0.05, 0.1) is 31.5 Å². The molecule has 2 amide bonds. The average molecular weight is 369 g/mol. The van der Waals surface area contributed by atoms with E-state index < -0.39 is 0 Å². The number of nitrogens with one attached hydrogen (secondary N) is 3. The van der Waals surface area contributed by atoms with Gasteiger partial charge < -0.3 is 20.4 Å². The van der Waals surface area contributed by atoms with Crippen LogP contribution in [0.2, 0.25) is 0 Å². The van der Waals surface area contributed by atoms with E-state index in [1.54, 1.807) is 47.9 Å². The molecule has 0 aliphatic rings. The number of hydrogen-bond donors (Lipinski definition) is 3. The predicted octanol–water partition coefficient (Wildman–Crippen LogP) is 3.00. The van der Waals surface area contributed by atoms with E-state index in [2.05, 4.69) is 16.0 Å². The molecule has 3 aromatic rings. The summed E-state index contributed by atoms with van der Waals surface area (Å²) in [4.78, 5) is 25.5. The Hall–Kier alpha value is -3.06. The Morgan fingerprint density at radius 1 is 0.962 bits per heavy atom. The van der Waals surface area contributed by atoms with Crippen molar-refractivity contribution in [1.82, 2.24) is 10.6 Å². The molecule has 7 heteroatoms. The zero-order valence-corrected chi connectivity index (χ0v) is 14.8. The standard InChI is InChI=1S/C19H19N3O3S/c23-18(21-12-15-6-4-10-26-15)13-20-17-8-2-1-7-16(17)19(24)22-11-14-5-3-9-25-14/h1-10,20H,11-13H2,(H,21,23)(H,22,24). The molecule has 0 aliphatic heterocycles. The summed E-state index contributed by atoms with van der Waals surface area (Å²) in [5.41, 5.74) is 1.08. The Morgan fingerprint density at radius 3 is 2.62 bits per heavy atom. The van der Waals surface area contributed by atoms with Gasteiger partial charge in [-0.3, -0.25) is 9.59 Å². The normalized spacial score (nSPS) is 10.3. The molecule has 0 bridgehead atoms. The zero-order valence-electron chi connectivity index (χ0n) is 14.0. The lowest BCUT2D eigenvalue weighted by molar-refractivity contribution is -0.119. The van der Waals surface area contributed by atoms with Crippen molar-refractivity contribution in [2.24, 2.45) is 0 Å². The fourth-order valence-electron chi connectivity index (χ4n) is 2.35. The molecule has 0 radical (unpaired) electrons. The first-order chi connectivity index (χ1) is 12.7. The second kappa shape index (κ2) is 8.87. The van der Waals surface area contributed by atoms with Crippen LogP contribution in [0.1, 0.15) is 21.0 Å². The molecular formula is C19H19N3O3S. The number of para-hydroxylation sites is 1. The maximum atomic E-state index is 12.4. The van der Waals surface area contributed by atoms with Gasteiger partial charge in [0, 0.05) is 10.6 Å². The number of rotatable bonds is 8. The van der Waals surface area contributed by atoms with Gasteiger partial charge in [-0.25, -0.2) is 0 Å². The molecule has 0 saturated heterocycles. The lowest BCUT2D eigenvalue weighted by Gasteiger charge is -2.12. The van der Waals surface area contributed by atoms with Crippen LogP contribution in [0.4, 0.5) is 5.69 Å². The summed E-state index contributed by atoms with van der Waals surface area (Å²) in [5, 5.41) is 10.6. The van der Waals surface area contributed by atoms with Gasteiger partial charge in [-0.2, -0.15) is 0 Å². The minimum absolute atomic E-state index is 0.0911. The lowest BCUT2D eigenvalue weighted by atomic mass is 10.1. The molecule has 3 N–H and O–H groups in total. The molecule has 0 unspecified atom stereocenters. The number of carbonyl (C=O) groups excluding carboxylic acids is 2. The smallest absolute Gasteiger partial charge is 0.253 e. The van der Waals surface area contributed by atoms with E-state index in [4.69, 9.17) is 4.42 Å². The third-order valence-electron chi connectivity index (χ3n) is 3.65. The molecule has 0 saturated carbocycles. The quantitative estimate of drug-likeness (QED) is 0.570. The van der Waals surface area contributed by atoms with Crippen molar-refractivity contribution in [3.8, 4) is 0 Å². The van der Waals surface area contributed by atoms with Crippen LogP contribution in [0.3, 0.4) is 0 Å². The first kappa shape index (κ1) is 17.8. The van der Waals surface area contributed by atoms with Crippen LogP contribution in [-0.4, -0.2) is 18.4 Å². The van der Waals surface area contributed by atoms with Gasteiger partial charge in [-0.1, -0.05) is 18.2 Å². The molecule has 0 aliphatic carbocycles. The number of carbonyl (C=O) groups is 2. The van der Waals surface area contributed by atoms with Gasteiger partial charge in [-0.15, -0.1) is 11.3 Å². The van der Waals surface area contributed by atoms with Gasteiger partial charge in [0.15, 0.2) is 0 Å². The Kier molecular flexibility index (Phi) is 6.05. The van der Waals surface area contributed by atoms with Crippen LogP contribution in [0, 0.1) is 0 Å². The van der Waals surface area contributed by atoms with Gasteiger partial charge in [0.1, 0.15) is 5.76 Å². The fourth-order valence-corrected chi connectivity index (χ4v) is 2.99. The highest BCUT2D eigenvalue weighted by atomic mass is 32.1. The number of hydrogen-bond acceptors (Lipinski definition) is 5. The Labute approximate surface area is 155 Å². The van der Waals surface area contributed by atoms with Crippen molar-refractivity contribution in [2.75, 3.05) is 11.9 Å². The van der Waals surface area contributed by atoms with E-state index in [9.17, 15) is 9.59 Å². The van der Waals surface area contributed by atoms with E-state index in [1.165, 1.54) is 0 Å². The van der Waals surface area contributed by atoms with E-state index in [0.717, 1.165) is 4.88 Å². The molecule has 0 spiro atoms. The molecule has 2 aromatic heterocycles. The van der Waals surface area contributed by atoms with Crippen molar-refractivity contribution in [3.63, 3.8) is 0 Å². The summed E-state index contributed by atoms with van der Waals surface area (Å²) >= 11 is 1.59. The minimum Gasteiger partial charge on any atom is -0.467 e. The summed E-state index contributed by atoms with van der Waals surface area (Å²) in [6.07, 6.45) is 1.56. The Bertz CT molecular complexity index is 845. The van der Waals surface area contributed by atoms with Crippen LogP contribution in [0.5, 0.6) is 0 Å².